The predicted molar refractivity (Wildman–Crippen MR) is 123 cm³/mol. The zero-order valence-electron chi connectivity index (χ0n) is 18.7. The van der Waals surface area contributed by atoms with Gasteiger partial charge in [0.2, 0.25) is 0 Å². The van der Waals surface area contributed by atoms with Crippen molar-refractivity contribution in [2.75, 3.05) is 33.8 Å². The van der Waals surface area contributed by atoms with Gasteiger partial charge in [-0.15, -0.1) is 0 Å². The van der Waals surface area contributed by atoms with Gasteiger partial charge in [0.1, 0.15) is 17.3 Å². The molecule has 2 aromatic heterocycles. The van der Waals surface area contributed by atoms with Crippen LogP contribution in [0.25, 0.3) is 11.4 Å². The minimum Gasteiger partial charge on any atom is -0.497 e. The predicted octanol–water partition coefficient (Wildman–Crippen LogP) is 2.97. The molecule has 3 N–H and O–H groups in total. The van der Waals surface area contributed by atoms with Gasteiger partial charge in [0.25, 0.3) is 0 Å². The minimum atomic E-state index is 0.177. The molecular weight excluding hydrogens is 406 g/mol. The van der Waals surface area contributed by atoms with Gasteiger partial charge in [0.05, 0.1) is 26.0 Å². The number of benzene rings is 1. The van der Waals surface area contributed by atoms with E-state index in [0.29, 0.717) is 24.9 Å². The molecule has 0 bridgehead atoms. The van der Waals surface area contributed by atoms with Crippen molar-refractivity contribution >= 4 is 5.96 Å². The number of likely N-dealkylation sites (tertiary alicyclic amines) is 1. The van der Waals surface area contributed by atoms with Crippen molar-refractivity contribution in [3.05, 3.63) is 54.2 Å². The van der Waals surface area contributed by atoms with Gasteiger partial charge >= 0.3 is 0 Å². The van der Waals surface area contributed by atoms with E-state index in [0.717, 1.165) is 36.0 Å². The van der Waals surface area contributed by atoms with Crippen molar-refractivity contribution in [3.8, 4) is 17.1 Å². The summed E-state index contributed by atoms with van der Waals surface area (Å²) in [5.41, 5.74) is 0.929. The van der Waals surface area contributed by atoms with Gasteiger partial charge in [-0.3, -0.25) is 15.0 Å². The number of H-pyrrole nitrogens is 1. The van der Waals surface area contributed by atoms with E-state index >= 15 is 0 Å². The number of nitrogens with one attached hydrogen (secondary N) is 3. The molecule has 170 valence electrons. The van der Waals surface area contributed by atoms with Crippen LogP contribution in [0.1, 0.15) is 36.9 Å². The second-order valence-corrected chi connectivity index (χ2v) is 7.77. The van der Waals surface area contributed by atoms with Gasteiger partial charge in [-0.2, -0.15) is 5.10 Å². The van der Waals surface area contributed by atoms with Crippen molar-refractivity contribution in [2.24, 2.45) is 4.99 Å². The molecule has 0 aliphatic carbocycles. The Kier molecular flexibility index (Phi) is 7.39. The van der Waals surface area contributed by atoms with Gasteiger partial charge in [-0.05, 0) is 62.3 Å². The third-order valence-electron chi connectivity index (χ3n) is 5.69. The third kappa shape index (κ3) is 5.47. The molecular formula is C23H31N7O2. The van der Waals surface area contributed by atoms with Crippen molar-refractivity contribution < 1.29 is 9.15 Å². The molecule has 9 nitrogen and oxygen atoms in total. The fourth-order valence-corrected chi connectivity index (χ4v) is 3.95. The maximum Gasteiger partial charge on any atom is 0.191 e. The number of furan rings is 1. The van der Waals surface area contributed by atoms with Crippen LogP contribution in [-0.2, 0) is 6.54 Å². The number of hydrogen-bond acceptors (Lipinski definition) is 6. The van der Waals surface area contributed by atoms with Crippen LogP contribution in [0.15, 0.2) is 52.1 Å². The van der Waals surface area contributed by atoms with Crippen LogP contribution in [-0.4, -0.2) is 59.8 Å². The number of rotatable bonds is 8. The lowest BCUT2D eigenvalue weighted by molar-refractivity contribution is 0.146. The minimum absolute atomic E-state index is 0.177. The first-order valence-electron chi connectivity index (χ1n) is 11.0. The van der Waals surface area contributed by atoms with E-state index in [2.05, 4.69) is 35.7 Å². The van der Waals surface area contributed by atoms with Gasteiger partial charge in [-0.1, -0.05) is 6.42 Å². The third-order valence-corrected chi connectivity index (χ3v) is 5.69. The number of ether oxygens (including phenoxy) is 1. The maximum absolute atomic E-state index is 5.73. The van der Waals surface area contributed by atoms with E-state index in [-0.39, 0.29) is 6.04 Å². The number of piperidine rings is 1. The van der Waals surface area contributed by atoms with Crippen LogP contribution in [0.4, 0.5) is 0 Å². The van der Waals surface area contributed by atoms with Crippen LogP contribution >= 0.6 is 0 Å². The quantitative estimate of drug-likeness (QED) is 0.368. The summed E-state index contributed by atoms with van der Waals surface area (Å²) in [6.07, 6.45) is 5.50. The second kappa shape index (κ2) is 10.8. The average molecular weight is 438 g/mol. The standard InChI is InChI=1S/C23H31N7O2/c1-24-23(25-15-19(20-7-6-14-32-20)30-12-4-3-5-13-30)26-16-21-27-22(29-28-21)17-8-10-18(31-2)11-9-17/h6-11,14,19H,3-5,12-13,15-16H2,1-2H3,(H2,24,25,26)(H,27,28,29). The SMILES string of the molecule is CN=C(NCc1nc(-c2ccc(OC)cc2)n[nH]1)NCC(c1ccco1)N1CCCCC1. The highest BCUT2D eigenvalue weighted by Crippen LogP contribution is 2.24. The van der Waals surface area contributed by atoms with Crippen molar-refractivity contribution in [2.45, 2.75) is 31.8 Å². The Morgan fingerprint density at radius 3 is 2.69 bits per heavy atom. The van der Waals surface area contributed by atoms with E-state index in [4.69, 9.17) is 9.15 Å². The summed E-state index contributed by atoms with van der Waals surface area (Å²) in [6, 6.07) is 11.8. The molecule has 1 aliphatic heterocycles. The van der Waals surface area contributed by atoms with Crippen LogP contribution in [0.5, 0.6) is 5.75 Å². The van der Waals surface area contributed by atoms with Gasteiger partial charge in [-0.25, -0.2) is 4.98 Å². The lowest BCUT2D eigenvalue weighted by Gasteiger charge is -2.33. The molecule has 1 atom stereocenters. The zero-order valence-corrected chi connectivity index (χ0v) is 18.7. The summed E-state index contributed by atoms with van der Waals surface area (Å²) in [4.78, 5) is 11.4. The van der Waals surface area contributed by atoms with Gasteiger partial charge in [0, 0.05) is 19.2 Å². The van der Waals surface area contributed by atoms with Crippen LogP contribution < -0.4 is 15.4 Å². The summed E-state index contributed by atoms with van der Waals surface area (Å²) >= 11 is 0. The van der Waals surface area contributed by atoms with E-state index < -0.39 is 0 Å². The first-order valence-corrected chi connectivity index (χ1v) is 11.0. The van der Waals surface area contributed by atoms with Crippen molar-refractivity contribution in [1.82, 2.24) is 30.7 Å². The van der Waals surface area contributed by atoms with Gasteiger partial charge < -0.3 is 19.8 Å². The molecule has 1 aromatic carbocycles. The average Bonchev–Trinajstić information content (AvgIpc) is 3.55. The normalized spacial score (nSPS) is 16.0. The molecule has 3 aromatic rings. The highest BCUT2D eigenvalue weighted by atomic mass is 16.5. The van der Waals surface area contributed by atoms with Crippen LogP contribution in [0, 0.1) is 0 Å². The first-order chi connectivity index (χ1) is 15.8. The largest absolute Gasteiger partial charge is 0.497 e. The summed E-state index contributed by atoms with van der Waals surface area (Å²) in [5.74, 6) is 3.88. The maximum atomic E-state index is 5.73. The summed E-state index contributed by atoms with van der Waals surface area (Å²) in [7, 11) is 3.41. The molecule has 0 amide bonds. The first kappa shape index (κ1) is 21.9. The number of nitrogens with zero attached hydrogens (tertiary/aromatic N) is 4. The number of aliphatic imine (C=N–C) groups is 1. The molecule has 1 saturated heterocycles. The number of aromatic nitrogens is 3. The van der Waals surface area contributed by atoms with Crippen molar-refractivity contribution in [1.29, 1.82) is 0 Å². The Balaban J connectivity index is 1.33. The lowest BCUT2D eigenvalue weighted by Crippen LogP contribution is -2.44. The highest BCUT2D eigenvalue weighted by molar-refractivity contribution is 5.79. The smallest absolute Gasteiger partial charge is 0.191 e. The molecule has 1 fully saturated rings. The molecule has 32 heavy (non-hydrogen) atoms. The number of hydrogen-bond donors (Lipinski definition) is 3. The van der Waals surface area contributed by atoms with E-state index in [1.807, 2.05) is 36.4 Å². The van der Waals surface area contributed by atoms with Crippen LogP contribution in [0.3, 0.4) is 0 Å². The second-order valence-electron chi connectivity index (χ2n) is 7.77. The molecule has 0 saturated carbocycles. The van der Waals surface area contributed by atoms with Crippen molar-refractivity contribution in [3.63, 3.8) is 0 Å². The van der Waals surface area contributed by atoms with Gasteiger partial charge in [0.15, 0.2) is 11.8 Å². The monoisotopic (exact) mass is 437 g/mol. The molecule has 4 rings (SSSR count). The fourth-order valence-electron chi connectivity index (χ4n) is 3.95. The number of aromatic amines is 1. The van der Waals surface area contributed by atoms with E-state index in [1.54, 1.807) is 20.4 Å². The Bertz CT molecular complexity index is 976. The fraction of sp³-hybridized carbons (Fsp3) is 0.435. The summed E-state index contributed by atoms with van der Waals surface area (Å²) in [6.45, 7) is 3.37. The Morgan fingerprint density at radius 1 is 1.19 bits per heavy atom. The Hall–Kier alpha value is -3.33. The topological polar surface area (TPSA) is 104 Å². The zero-order chi connectivity index (χ0) is 22.2. The Labute approximate surface area is 188 Å². The molecule has 0 spiro atoms. The molecule has 3 heterocycles. The molecule has 9 heteroatoms. The summed E-state index contributed by atoms with van der Waals surface area (Å²) in [5, 5.41) is 14.1. The molecule has 1 aliphatic rings. The lowest BCUT2D eigenvalue weighted by atomic mass is 10.1. The van der Waals surface area contributed by atoms with Crippen LogP contribution in [0.2, 0.25) is 0 Å². The number of methoxy groups -OCH3 is 1. The van der Waals surface area contributed by atoms with E-state index in [9.17, 15) is 0 Å². The number of guanidine groups is 1. The Morgan fingerprint density at radius 2 is 2.00 bits per heavy atom. The van der Waals surface area contributed by atoms with E-state index in [1.165, 1.54) is 19.3 Å². The summed E-state index contributed by atoms with van der Waals surface area (Å²) < 4.78 is 10.9. The highest BCUT2D eigenvalue weighted by Gasteiger charge is 2.24. The molecule has 0 radical (unpaired) electrons. The molecule has 1 unspecified atom stereocenters.